The molecule has 106 valence electrons. The van der Waals surface area contributed by atoms with Crippen LogP contribution in [0.4, 0.5) is 5.82 Å². The first-order valence-corrected chi connectivity index (χ1v) is 6.41. The number of aromatic nitrogens is 2. The monoisotopic (exact) mass is 267 g/mol. The molecule has 0 atom stereocenters. The number of ether oxygens (including phenoxy) is 1. The van der Waals surface area contributed by atoms with Gasteiger partial charge in [-0.3, -0.25) is 9.59 Å². The van der Waals surface area contributed by atoms with Gasteiger partial charge < -0.3 is 14.2 Å². The Kier molecular flexibility index (Phi) is 5.54. The third kappa shape index (κ3) is 4.08. The maximum Gasteiger partial charge on any atom is 0.307 e. The number of nitrogens with zero attached hydrogens (tertiary/aromatic N) is 3. The summed E-state index contributed by atoms with van der Waals surface area (Å²) >= 11 is 0. The molecule has 1 aromatic rings. The lowest BCUT2D eigenvalue weighted by molar-refractivity contribution is -0.142. The smallest absolute Gasteiger partial charge is 0.307 e. The molecule has 0 aliphatic heterocycles. The Labute approximate surface area is 113 Å². The molecule has 0 aromatic carbocycles. The van der Waals surface area contributed by atoms with E-state index in [-0.39, 0.29) is 24.0 Å². The number of hydrogen-bond donors (Lipinski definition) is 0. The van der Waals surface area contributed by atoms with Crippen molar-refractivity contribution >= 4 is 11.8 Å². The molecule has 1 aromatic heterocycles. The van der Waals surface area contributed by atoms with Gasteiger partial charge in [0.2, 0.25) is 0 Å². The van der Waals surface area contributed by atoms with Gasteiger partial charge in [0.25, 0.3) is 5.56 Å². The van der Waals surface area contributed by atoms with Gasteiger partial charge in [-0.05, 0) is 20.8 Å². The molecule has 6 heteroatoms. The molecule has 0 unspecified atom stereocenters. The average Bonchev–Trinajstić information content (AvgIpc) is 2.36. The maximum atomic E-state index is 12.2. The lowest BCUT2D eigenvalue weighted by Gasteiger charge is -2.18. The molecule has 0 N–H and O–H groups in total. The van der Waals surface area contributed by atoms with Crippen molar-refractivity contribution in [3.63, 3.8) is 0 Å². The Morgan fingerprint density at radius 2 is 2.21 bits per heavy atom. The Morgan fingerprint density at radius 3 is 2.79 bits per heavy atom. The normalized spacial score (nSPS) is 10.6. The van der Waals surface area contributed by atoms with E-state index in [4.69, 9.17) is 4.74 Å². The van der Waals surface area contributed by atoms with Crippen molar-refractivity contribution in [2.24, 2.45) is 0 Å². The third-order valence-electron chi connectivity index (χ3n) is 2.72. The van der Waals surface area contributed by atoms with E-state index in [1.807, 2.05) is 13.8 Å². The zero-order valence-corrected chi connectivity index (χ0v) is 11.9. The molecule has 0 bridgehead atoms. The molecule has 0 radical (unpaired) electrons. The van der Waals surface area contributed by atoms with Gasteiger partial charge in [0.05, 0.1) is 13.0 Å². The van der Waals surface area contributed by atoms with E-state index in [1.54, 1.807) is 35.8 Å². The molecule has 0 aliphatic rings. The van der Waals surface area contributed by atoms with Crippen LogP contribution in [0.2, 0.25) is 0 Å². The van der Waals surface area contributed by atoms with Crippen LogP contribution in [0.5, 0.6) is 0 Å². The van der Waals surface area contributed by atoms with Gasteiger partial charge in [-0.1, -0.05) is 0 Å². The molecule has 0 aliphatic carbocycles. The Bertz CT molecular complexity index is 482. The molecule has 1 heterocycles. The highest BCUT2D eigenvalue weighted by molar-refractivity contribution is 5.70. The second-order valence-electron chi connectivity index (χ2n) is 4.53. The predicted octanol–water partition coefficient (Wildman–Crippen LogP) is 1.21. The molecule has 1 rings (SSSR count). The first-order valence-electron chi connectivity index (χ1n) is 6.41. The second-order valence-corrected chi connectivity index (χ2v) is 4.53. The number of anilines is 1. The van der Waals surface area contributed by atoms with E-state index >= 15 is 0 Å². The van der Waals surface area contributed by atoms with Gasteiger partial charge in [0.15, 0.2) is 5.82 Å². The second kappa shape index (κ2) is 6.92. The van der Waals surface area contributed by atoms with Crippen molar-refractivity contribution < 1.29 is 9.53 Å². The number of esters is 1. The summed E-state index contributed by atoms with van der Waals surface area (Å²) < 4.78 is 6.47. The van der Waals surface area contributed by atoms with Crippen LogP contribution in [-0.4, -0.2) is 35.7 Å². The van der Waals surface area contributed by atoms with Crippen LogP contribution in [0, 0.1) is 0 Å². The third-order valence-corrected chi connectivity index (χ3v) is 2.72. The molecule has 6 nitrogen and oxygen atoms in total. The Morgan fingerprint density at radius 1 is 1.53 bits per heavy atom. The lowest BCUT2D eigenvalue weighted by atomic mass is 10.3. The molecule has 19 heavy (non-hydrogen) atoms. The summed E-state index contributed by atoms with van der Waals surface area (Å²) in [4.78, 5) is 29.2. The molecule has 0 saturated carbocycles. The Hall–Kier alpha value is -1.85. The van der Waals surface area contributed by atoms with Crippen molar-refractivity contribution in [2.75, 3.05) is 25.1 Å². The van der Waals surface area contributed by atoms with Crippen LogP contribution in [0.3, 0.4) is 0 Å². The minimum atomic E-state index is -0.269. The summed E-state index contributed by atoms with van der Waals surface area (Å²) in [5.41, 5.74) is -0.149. The number of carbonyl (C=O) groups excluding carboxylic acids is 1. The molecular weight excluding hydrogens is 246 g/mol. The van der Waals surface area contributed by atoms with Crippen LogP contribution in [0.15, 0.2) is 17.2 Å². The summed E-state index contributed by atoms with van der Waals surface area (Å²) in [5, 5.41) is 0. The summed E-state index contributed by atoms with van der Waals surface area (Å²) in [5.74, 6) is 0.0787. The first-order chi connectivity index (χ1) is 8.97. The number of hydrogen-bond acceptors (Lipinski definition) is 5. The molecule has 0 fully saturated rings. The largest absolute Gasteiger partial charge is 0.466 e. The van der Waals surface area contributed by atoms with E-state index in [0.29, 0.717) is 19.0 Å². The predicted molar refractivity (Wildman–Crippen MR) is 73.4 cm³/mol. The van der Waals surface area contributed by atoms with E-state index in [2.05, 4.69) is 4.98 Å². The topological polar surface area (TPSA) is 64.4 Å². The number of rotatable bonds is 6. The van der Waals surface area contributed by atoms with Gasteiger partial charge >= 0.3 is 5.97 Å². The summed E-state index contributed by atoms with van der Waals surface area (Å²) in [6, 6.07) is 0.0766. The maximum absolute atomic E-state index is 12.2. The van der Waals surface area contributed by atoms with Crippen molar-refractivity contribution in [2.45, 2.75) is 33.2 Å². The standard InChI is InChI=1S/C13H21N3O3/c1-5-19-11(17)6-8-15(4)12-13(18)16(10(2)3)9-7-14-12/h7,9-10H,5-6,8H2,1-4H3. The van der Waals surface area contributed by atoms with Crippen molar-refractivity contribution in [1.29, 1.82) is 0 Å². The minimum absolute atomic E-state index is 0.0766. The minimum Gasteiger partial charge on any atom is -0.466 e. The van der Waals surface area contributed by atoms with Gasteiger partial charge in [0.1, 0.15) is 0 Å². The van der Waals surface area contributed by atoms with Crippen molar-refractivity contribution in [1.82, 2.24) is 9.55 Å². The summed E-state index contributed by atoms with van der Waals surface area (Å²) in [6.07, 6.45) is 3.50. The highest BCUT2D eigenvalue weighted by atomic mass is 16.5. The van der Waals surface area contributed by atoms with Crippen LogP contribution >= 0.6 is 0 Å². The highest BCUT2D eigenvalue weighted by Crippen LogP contribution is 2.05. The van der Waals surface area contributed by atoms with Gasteiger partial charge in [-0.15, -0.1) is 0 Å². The van der Waals surface area contributed by atoms with Crippen molar-refractivity contribution in [3.8, 4) is 0 Å². The Balaban J connectivity index is 2.77. The van der Waals surface area contributed by atoms with E-state index < -0.39 is 0 Å². The fraction of sp³-hybridized carbons (Fsp3) is 0.615. The van der Waals surface area contributed by atoms with Crippen LogP contribution in [0.1, 0.15) is 33.2 Å². The van der Waals surface area contributed by atoms with Crippen LogP contribution in [0.25, 0.3) is 0 Å². The first kappa shape index (κ1) is 15.2. The highest BCUT2D eigenvalue weighted by Gasteiger charge is 2.13. The van der Waals surface area contributed by atoms with E-state index in [0.717, 1.165) is 0 Å². The van der Waals surface area contributed by atoms with E-state index in [9.17, 15) is 9.59 Å². The van der Waals surface area contributed by atoms with E-state index in [1.165, 1.54) is 0 Å². The summed E-state index contributed by atoms with van der Waals surface area (Å²) in [7, 11) is 1.74. The molecule has 0 spiro atoms. The van der Waals surface area contributed by atoms with Gasteiger partial charge in [0, 0.05) is 32.0 Å². The quantitative estimate of drug-likeness (QED) is 0.725. The lowest BCUT2D eigenvalue weighted by Crippen LogP contribution is -2.32. The van der Waals surface area contributed by atoms with Gasteiger partial charge in [-0.25, -0.2) is 4.98 Å². The number of carbonyl (C=O) groups is 1. The fourth-order valence-corrected chi connectivity index (χ4v) is 1.68. The van der Waals surface area contributed by atoms with Crippen molar-refractivity contribution in [3.05, 3.63) is 22.7 Å². The van der Waals surface area contributed by atoms with Gasteiger partial charge in [-0.2, -0.15) is 0 Å². The fourth-order valence-electron chi connectivity index (χ4n) is 1.68. The summed E-state index contributed by atoms with van der Waals surface area (Å²) in [6.45, 7) is 6.41. The molecule has 0 saturated heterocycles. The average molecular weight is 267 g/mol. The van der Waals surface area contributed by atoms with Crippen LogP contribution in [-0.2, 0) is 9.53 Å². The van der Waals surface area contributed by atoms with Crippen LogP contribution < -0.4 is 10.5 Å². The SMILES string of the molecule is CCOC(=O)CCN(C)c1nccn(C(C)C)c1=O. The zero-order chi connectivity index (χ0) is 14.4. The zero-order valence-electron chi connectivity index (χ0n) is 11.9. The molecular formula is C13H21N3O3. The molecule has 0 amide bonds.